The molecule has 1 aliphatic rings. The third kappa shape index (κ3) is 6.89. The van der Waals surface area contributed by atoms with Crippen molar-refractivity contribution < 1.29 is 14.3 Å². The second-order valence-electron chi connectivity index (χ2n) is 9.22. The van der Waals surface area contributed by atoms with Crippen molar-refractivity contribution in [3.63, 3.8) is 0 Å². The van der Waals surface area contributed by atoms with Crippen molar-refractivity contribution in [2.45, 2.75) is 77.4 Å². The Bertz CT molecular complexity index is 969. The summed E-state index contributed by atoms with van der Waals surface area (Å²) in [6.07, 6.45) is 5.36. The number of rotatable bonds is 9. The Morgan fingerprint density at radius 2 is 1.65 bits per heavy atom. The number of carbonyl (C=O) groups excluding carboxylic acids is 2. The highest BCUT2D eigenvalue weighted by Gasteiger charge is 2.29. The Balaban J connectivity index is 1.79. The molecule has 0 bridgehead atoms. The first kappa shape index (κ1) is 26.4. The van der Waals surface area contributed by atoms with E-state index in [9.17, 15) is 9.59 Å². The van der Waals surface area contributed by atoms with Gasteiger partial charge < -0.3 is 15.0 Å². The Morgan fingerprint density at radius 1 is 1.00 bits per heavy atom. The minimum atomic E-state index is -0.703. The largest absolute Gasteiger partial charge is 0.483 e. The topological polar surface area (TPSA) is 58.6 Å². The fourth-order valence-corrected chi connectivity index (χ4v) is 4.83. The van der Waals surface area contributed by atoms with Gasteiger partial charge >= 0.3 is 0 Å². The van der Waals surface area contributed by atoms with Crippen LogP contribution in [0.1, 0.15) is 69.9 Å². The van der Waals surface area contributed by atoms with Crippen LogP contribution in [-0.2, 0) is 16.1 Å². The van der Waals surface area contributed by atoms with Gasteiger partial charge in [0.05, 0.1) is 0 Å². The van der Waals surface area contributed by atoms with Crippen LogP contribution in [0.2, 0.25) is 10.0 Å². The molecule has 1 atom stereocenters. The second kappa shape index (κ2) is 12.5. The van der Waals surface area contributed by atoms with Gasteiger partial charge in [0.25, 0.3) is 5.91 Å². The Morgan fingerprint density at radius 3 is 2.29 bits per heavy atom. The third-order valence-corrected chi connectivity index (χ3v) is 7.11. The lowest BCUT2D eigenvalue weighted by Gasteiger charge is -2.31. The molecule has 0 unspecified atom stereocenters. The minimum Gasteiger partial charge on any atom is -0.483 e. The summed E-state index contributed by atoms with van der Waals surface area (Å²) in [5, 5.41) is 4.04. The highest BCUT2D eigenvalue weighted by molar-refractivity contribution is 6.36. The van der Waals surface area contributed by atoms with Gasteiger partial charge in [-0.1, -0.05) is 80.6 Å². The quantitative estimate of drug-likeness (QED) is 0.431. The molecule has 0 saturated heterocycles. The average Bonchev–Trinajstić information content (AvgIpc) is 2.82. The molecule has 184 valence electrons. The van der Waals surface area contributed by atoms with Crippen molar-refractivity contribution in [2.24, 2.45) is 0 Å². The molecule has 7 heteroatoms. The van der Waals surface area contributed by atoms with E-state index in [1.54, 1.807) is 25.1 Å². The van der Waals surface area contributed by atoms with Gasteiger partial charge in [0, 0.05) is 28.2 Å². The van der Waals surface area contributed by atoms with Crippen molar-refractivity contribution in [1.29, 1.82) is 0 Å². The molecule has 1 N–H and O–H groups in total. The molecule has 0 aliphatic heterocycles. The number of nitrogens with one attached hydrogen (secondary N) is 1. The zero-order valence-electron chi connectivity index (χ0n) is 20.2. The second-order valence-corrected chi connectivity index (χ2v) is 10.0. The molecule has 3 rings (SSSR count). The summed E-state index contributed by atoms with van der Waals surface area (Å²) < 4.78 is 5.93. The number of halogens is 2. The fraction of sp³-hybridized carbons (Fsp3) is 0.481. The van der Waals surface area contributed by atoms with Crippen molar-refractivity contribution in [1.82, 2.24) is 10.2 Å². The smallest absolute Gasteiger partial charge is 0.261 e. The maximum absolute atomic E-state index is 13.4. The van der Waals surface area contributed by atoms with Crippen LogP contribution in [0.3, 0.4) is 0 Å². The fourth-order valence-electron chi connectivity index (χ4n) is 4.32. The van der Waals surface area contributed by atoms with E-state index >= 15 is 0 Å². The number of ether oxygens (including phenoxy) is 1. The summed E-state index contributed by atoms with van der Waals surface area (Å²) in [7, 11) is 0. The molecule has 0 aromatic heterocycles. The van der Waals surface area contributed by atoms with Crippen molar-refractivity contribution >= 4 is 35.0 Å². The van der Waals surface area contributed by atoms with Gasteiger partial charge in [0.1, 0.15) is 11.8 Å². The Labute approximate surface area is 212 Å². The van der Waals surface area contributed by atoms with Crippen LogP contribution in [-0.4, -0.2) is 35.4 Å². The summed E-state index contributed by atoms with van der Waals surface area (Å²) in [6, 6.07) is 12.3. The molecule has 34 heavy (non-hydrogen) atoms. The molecule has 2 aromatic rings. The van der Waals surface area contributed by atoms with E-state index in [0.717, 1.165) is 31.2 Å². The molecule has 1 fully saturated rings. The van der Waals surface area contributed by atoms with Crippen LogP contribution < -0.4 is 10.1 Å². The maximum atomic E-state index is 13.4. The SMILES string of the molecule is CC(C)c1ccccc1OCC(=O)N(Cc1c(Cl)cccc1Cl)[C@@H](C)C(=O)NC1CCCCC1. The first-order valence-corrected chi connectivity index (χ1v) is 12.8. The van der Waals surface area contributed by atoms with E-state index < -0.39 is 6.04 Å². The molecular weight excluding hydrogens is 471 g/mol. The Hall–Kier alpha value is -2.24. The predicted molar refractivity (Wildman–Crippen MR) is 138 cm³/mol. The van der Waals surface area contributed by atoms with Gasteiger partial charge in [-0.25, -0.2) is 0 Å². The lowest BCUT2D eigenvalue weighted by Crippen LogP contribution is -2.51. The summed E-state index contributed by atoms with van der Waals surface area (Å²) in [4.78, 5) is 28.0. The molecule has 2 aromatic carbocycles. The van der Waals surface area contributed by atoms with E-state index in [1.165, 1.54) is 11.3 Å². The van der Waals surface area contributed by atoms with Crippen LogP contribution in [0.5, 0.6) is 5.75 Å². The van der Waals surface area contributed by atoms with Crippen LogP contribution >= 0.6 is 23.2 Å². The predicted octanol–water partition coefficient (Wildman–Crippen LogP) is 6.36. The molecular formula is C27H34Cl2N2O3. The molecule has 0 spiro atoms. The molecule has 5 nitrogen and oxygen atoms in total. The highest BCUT2D eigenvalue weighted by Crippen LogP contribution is 2.28. The van der Waals surface area contributed by atoms with Crippen LogP contribution in [0.4, 0.5) is 0 Å². The summed E-state index contributed by atoms with van der Waals surface area (Å²) in [5.41, 5.74) is 1.64. The standard InChI is InChI=1S/C27H34Cl2N2O3/c1-18(2)21-12-7-8-15-25(21)34-17-26(32)31(16-22-23(28)13-9-14-24(22)29)19(3)27(33)30-20-10-5-4-6-11-20/h7-9,12-15,18-20H,4-6,10-11,16-17H2,1-3H3,(H,30,33)/t19-/m0/s1. The lowest BCUT2D eigenvalue weighted by atomic mass is 9.95. The van der Waals surface area contributed by atoms with Gasteiger partial charge in [-0.15, -0.1) is 0 Å². The highest BCUT2D eigenvalue weighted by atomic mass is 35.5. The number of nitrogens with zero attached hydrogens (tertiary/aromatic N) is 1. The van der Waals surface area contributed by atoms with Crippen molar-refractivity contribution in [2.75, 3.05) is 6.61 Å². The van der Waals surface area contributed by atoms with Gasteiger partial charge in [0.2, 0.25) is 5.91 Å². The number of amides is 2. The zero-order valence-corrected chi connectivity index (χ0v) is 21.7. The molecule has 0 radical (unpaired) electrons. The van der Waals surface area contributed by atoms with Gasteiger partial charge in [-0.05, 0) is 49.4 Å². The number of hydrogen-bond donors (Lipinski definition) is 1. The third-order valence-electron chi connectivity index (χ3n) is 6.40. The number of carbonyl (C=O) groups is 2. The van der Waals surface area contributed by atoms with E-state index in [-0.39, 0.29) is 36.9 Å². The van der Waals surface area contributed by atoms with Crippen LogP contribution in [0.15, 0.2) is 42.5 Å². The van der Waals surface area contributed by atoms with Gasteiger partial charge in [0.15, 0.2) is 6.61 Å². The van der Waals surface area contributed by atoms with E-state index in [2.05, 4.69) is 19.2 Å². The average molecular weight is 505 g/mol. The summed E-state index contributed by atoms with van der Waals surface area (Å²) >= 11 is 12.8. The normalized spacial score (nSPS) is 15.1. The number of hydrogen-bond acceptors (Lipinski definition) is 3. The first-order chi connectivity index (χ1) is 16.3. The maximum Gasteiger partial charge on any atom is 0.261 e. The van der Waals surface area contributed by atoms with E-state index in [1.807, 2.05) is 24.3 Å². The monoisotopic (exact) mass is 504 g/mol. The van der Waals surface area contributed by atoms with Gasteiger partial charge in [-0.3, -0.25) is 9.59 Å². The zero-order chi connectivity index (χ0) is 24.7. The number of benzene rings is 2. The van der Waals surface area contributed by atoms with Crippen molar-refractivity contribution in [3.8, 4) is 5.75 Å². The van der Waals surface area contributed by atoms with Crippen LogP contribution in [0, 0.1) is 0 Å². The van der Waals surface area contributed by atoms with E-state index in [0.29, 0.717) is 21.4 Å². The minimum absolute atomic E-state index is 0.117. The molecule has 0 heterocycles. The van der Waals surface area contributed by atoms with E-state index in [4.69, 9.17) is 27.9 Å². The number of para-hydroxylation sites is 1. The van der Waals surface area contributed by atoms with Crippen LogP contribution in [0.25, 0.3) is 0 Å². The summed E-state index contributed by atoms with van der Waals surface area (Å²) in [5.74, 6) is 0.442. The molecule has 1 saturated carbocycles. The van der Waals surface area contributed by atoms with Crippen molar-refractivity contribution in [3.05, 3.63) is 63.6 Å². The molecule has 2 amide bonds. The summed E-state index contributed by atoms with van der Waals surface area (Å²) in [6.45, 7) is 5.82. The Kier molecular flexibility index (Phi) is 9.66. The first-order valence-electron chi connectivity index (χ1n) is 12.0. The molecule has 1 aliphatic carbocycles. The van der Waals surface area contributed by atoms with Gasteiger partial charge in [-0.2, -0.15) is 0 Å². The lowest BCUT2D eigenvalue weighted by molar-refractivity contribution is -0.142.